The van der Waals surface area contributed by atoms with E-state index in [1.807, 2.05) is 0 Å². The Hall–Kier alpha value is -0.570. The molecule has 3 nitrogen and oxygen atoms in total. The van der Waals surface area contributed by atoms with Crippen molar-refractivity contribution in [1.82, 2.24) is 4.90 Å². The second-order valence-corrected chi connectivity index (χ2v) is 5.56. The molecule has 1 heterocycles. The average Bonchev–Trinajstić information content (AvgIpc) is 2.38. The summed E-state index contributed by atoms with van der Waals surface area (Å²) < 4.78 is 5.24. The molecule has 0 aromatic rings. The lowest BCUT2D eigenvalue weighted by Gasteiger charge is -2.29. The lowest BCUT2D eigenvalue weighted by Crippen LogP contribution is -2.34. The number of carbonyl (C=O) groups is 1. The summed E-state index contributed by atoms with van der Waals surface area (Å²) in [7, 11) is 0. The van der Waals surface area contributed by atoms with E-state index in [0.29, 0.717) is 13.0 Å². The maximum atomic E-state index is 11.5. The Kier molecular flexibility index (Phi) is 8.06. The van der Waals surface area contributed by atoms with Crippen LogP contribution in [-0.2, 0) is 9.53 Å². The van der Waals surface area contributed by atoms with Gasteiger partial charge in [0.2, 0.25) is 0 Å². The fraction of sp³-hybridized carbons (Fsp3) is 0.933. The highest BCUT2D eigenvalue weighted by atomic mass is 16.5. The molecule has 0 aromatic heterocycles. The molecule has 0 spiro atoms. The highest BCUT2D eigenvalue weighted by molar-refractivity contribution is 5.69. The smallest absolute Gasteiger partial charge is 0.307 e. The standard InChI is InChI=1S/C15H29NO2/c1-3-4-5-6-13-18-15(17)9-12-16-10-7-14(2)8-11-16/h14H,3-13H2,1-2H3. The second-order valence-electron chi connectivity index (χ2n) is 5.56. The zero-order chi connectivity index (χ0) is 13.2. The number of hydrogen-bond acceptors (Lipinski definition) is 3. The molecule has 0 atom stereocenters. The van der Waals surface area contributed by atoms with E-state index >= 15 is 0 Å². The first-order chi connectivity index (χ1) is 8.72. The van der Waals surface area contributed by atoms with Crippen molar-refractivity contribution in [2.45, 2.75) is 58.8 Å². The first-order valence-electron chi connectivity index (χ1n) is 7.60. The number of ether oxygens (including phenoxy) is 1. The Labute approximate surface area is 112 Å². The number of nitrogens with zero attached hydrogens (tertiary/aromatic N) is 1. The number of rotatable bonds is 8. The SMILES string of the molecule is CCCCCCOC(=O)CCN1CCC(C)CC1. The van der Waals surface area contributed by atoms with Gasteiger partial charge in [0.15, 0.2) is 0 Å². The summed E-state index contributed by atoms with van der Waals surface area (Å²) in [5, 5.41) is 0. The Morgan fingerprint density at radius 3 is 2.61 bits per heavy atom. The molecular weight excluding hydrogens is 226 g/mol. The van der Waals surface area contributed by atoms with Crippen molar-refractivity contribution in [1.29, 1.82) is 0 Å². The molecule has 1 rings (SSSR count). The van der Waals surface area contributed by atoms with Crippen LogP contribution in [0.25, 0.3) is 0 Å². The summed E-state index contributed by atoms with van der Waals surface area (Å²) >= 11 is 0. The topological polar surface area (TPSA) is 29.5 Å². The number of likely N-dealkylation sites (tertiary alicyclic amines) is 1. The molecule has 0 saturated carbocycles. The van der Waals surface area contributed by atoms with E-state index in [1.54, 1.807) is 0 Å². The molecule has 0 bridgehead atoms. The lowest BCUT2D eigenvalue weighted by molar-refractivity contribution is -0.144. The van der Waals surface area contributed by atoms with Crippen molar-refractivity contribution < 1.29 is 9.53 Å². The molecule has 1 aliphatic rings. The van der Waals surface area contributed by atoms with Crippen molar-refractivity contribution in [2.24, 2.45) is 5.92 Å². The largest absolute Gasteiger partial charge is 0.466 e. The van der Waals surface area contributed by atoms with Gasteiger partial charge in [0.1, 0.15) is 0 Å². The van der Waals surface area contributed by atoms with Crippen LogP contribution in [0.15, 0.2) is 0 Å². The summed E-state index contributed by atoms with van der Waals surface area (Å²) in [4.78, 5) is 13.9. The van der Waals surface area contributed by atoms with Crippen molar-refractivity contribution in [2.75, 3.05) is 26.2 Å². The van der Waals surface area contributed by atoms with Gasteiger partial charge in [-0.1, -0.05) is 33.1 Å². The van der Waals surface area contributed by atoms with Crippen LogP contribution < -0.4 is 0 Å². The van der Waals surface area contributed by atoms with Crippen LogP contribution >= 0.6 is 0 Å². The number of carbonyl (C=O) groups excluding carboxylic acids is 1. The zero-order valence-corrected chi connectivity index (χ0v) is 12.1. The minimum absolute atomic E-state index is 0.0230. The van der Waals surface area contributed by atoms with Crippen molar-refractivity contribution >= 4 is 5.97 Å². The van der Waals surface area contributed by atoms with Gasteiger partial charge in [-0.25, -0.2) is 0 Å². The van der Waals surface area contributed by atoms with Gasteiger partial charge in [-0.15, -0.1) is 0 Å². The van der Waals surface area contributed by atoms with Gasteiger partial charge >= 0.3 is 5.97 Å². The average molecular weight is 255 g/mol. The Bertz CT molecular complexity index is 223. The minimum Gasteiger partial charge on any atom is -0.466 e. The molecule has 0 N–H and O–H groups in total. The molecular formula is C15H29NO2. The fourth-order valence-electron chi connectivity index (χ4n) is 2.32. The summed E-state index contributed by atoms with van der Waals surface area (Å²) in [6.07, 6.45) is 7.75. The van der Waals surface area contributed by atoms with Crippen LogP contribution in [0, 0.1) is 5.92 Å². The predicted octanol–water partition coefficient (Wildman–Crippen LogP) is 3.23. The van der Waals surface area contributed by atoms with Crippen molar-refractivity contribution in [3.63, 3.8) is 0 Å². The van der Waals surface area contributed by atoms with Crippen LogP contribution in [0.4, 0.5) is 0 Å². The third kappa shape index (κ3) is 7.00. The van der Waals surface area contributed by atoms with E-state index in [4.69, 9.17) is 4.74 Å². The van der Waals surface area contributed by atoms with Crippen LogP contribution in [0.2, 0.25) is 0 Å². The van der Waals surface area contributed by atoms with Crippen LogP contribution in [0.5, 0.6) is 0 Å². The van der Waals surface area contributed by atoms with E-state index in [2.05, 4.69) is 18.7 Å². The normalized spacial score (nSPS) is 17.9. The Morgan fingerprint density at radius 1 is 1.22 bits per heavy atom. The number of piperidine rings is 1. The van der Waals surface area contributed by atoms with Gasteiger partial charge in [0.05, 0.1) is 13.0 Å². The third-order valence-electron chi connectivity index (χ3n) is 3.77. The first kappa shape index (κ1) is 15.5. The molecule has 0 radical (unpaired) electrons. The maximum Gasteiger partial charge on any atom is 0.307 e. The molecule has 18 heavy (non-hydrogen) atoms. The highest BCUT2D eigenvalue weighted by Crippen LogP contribution is 2.15. The number of hydrogen-bond donors (Lipinski definition) is 0. The number of unbranched alkanes of at least 4 members (excludes halogenated alkanes) is 3. The zero-order valence-electron chi connectivity index (χ0n) is 12.1. The third-order valence-corrected chi connectivity index (χ3v) is 3.77. The molecule has 0 unspecified atom stereocenters. The van der Waals surface area contributed by atoms with E-state index in [0.717, 1.165) is 32.0 Å². The first-order valence-corrected chi connectivity index (χ1v) is 7.60. The second kappa shape index (κ2) is 9.37. The van der Waals surface area contributed by atoms with Gasteiger partial charge in [-0.2, -0.15) is 0 Å². The summed E-state index contributed by atoms with van der Waals surface area (Å²) in [5.41, 5.74) is 0. The molecule has 106 valence electrons. The van der Waals surface area contributed by atoms with E-state index in [9.17, 15) is 4.79 Å². The van der Waals surface area contributed by atoms with E-state index < -0.39 is 0 Å². The minimum atomic E-state index is -0.0230. The Balaban J connectivity index is 1.96. The number of esters is 1. The summed E-state index contributed by atoms with van der Waals surface area (Å²) in [6.45, 7) is 8.26. The quantitative estimate of drug-likeness (QED) is 0.492. The molecule has 0 amide bonds. The van der Waals surface area contributed by atoms with Crippen LogP contribution in [-0.4, -0.2) is 37.1 Å². The lowest BCUT2D eigenvalue weighted by atomic mass is 9.99. The highest BCUT2D eigenvalue weighted by Gasteiger charge is 2.16. The maximum absolute atomic E-state index is 11.5. The monoisotopic (exact) mass is 255 g/mol. The van der Waals surface area contributed by atoms with Gasteiger partial charge in [-0.3, -0.25) is 4.79 Å². The Morgan fingerprint density at radius 2 is 1.94 bits per heavy atom. The van der Waals surface area contributed by atoms with E-state index in [-0.39, 0.29) is 5.97 Å². The summed E-state index contributed by atoms with van der Waals surface area (Å²) in [5.74, 6) is 0.830. The molecule has 0 aliphatic carbocycles. The van der Waals surface area contributed by atoms with Crippen LogP contribution in [0.1, 0.15) is 58.8 Å². The van der Waals surface area contributed by atoms with Gasteiger partial charge in [0.25, 0.3) is 0 Å². The van der Waals surface area contributed by atoms with Crippen LogP contribution in [0.3, 0.4) is 0 Å². The van der Waals surface area contributed by atoms with Crippen molar-refractivity contribution in [3.8, 4) is 0 Å². The van der Waals surface area contributed by atoms with E-state index in [1.165, 1.54) is 32.1 Å². The van der Waals surface area contributed by atoms with Crippen molar-refractivity contribution in [3.05, 3.63) is 0 Å². The fourth-order valence-corrected chi connectivity index (χ4v) is 2.32. The van der Waals surface area contributed by atoms with Gasteiger partial charge in [-0.05, 0) is 38.3 Å². The van der Waals surface area contributed by atoms with Gasteiger partial charge < -0.3 is 9.64 Å². The molecule has 1 saturated heterocycles. The molecule has 1 fully saturated rings. The predicted molar refractivity (Wildman–Crippen MR) is 74.6 cm³/mol. The molecule has 3 heteroatoms. The molecule has 1 aliphatic heterocycles. The summed E-state index contributed by atoms with van der Waals surface area (Å²) in [6, 6.07) is 0. The molecule has 0 aromatic carbocycles. The van der Waals surface area contributed by atoms with Gasteiger partial charge in [0, 0.05) is 6.54 Å².